The molecule has 3 aliphatic rings. The lowest BCUT2D eigenvalue weighted by atomic mass is 9.93. The Hall–Kier alpha value is -1.79. The zero-order valence-electron chi connectivity index (χ0n) is 14.6. The molecule has 2 aromatic heterocycles. The first kappa shape index (κ1) is 16.4. The molecule has 5 rings (SSSR count). The van der Waals surface area contributed by atoms with Crippen molar-refractivity contribution in [3.8, 4) is 0 Å². The molecule has 0 unspecified atom stereocenters. The summed E-state index contributed by atoms with van der Waals surface area (Å²) in [4.78, 5) is 4.50. The van der Waals surface area contributed by atoms with Gasteiger partial charge in [-0.2, -0.15) is 22.8 Å². The van der Waals surface area contributed by atoms with Gasteiger partial charge in [-0.15, -0.1) is 0 Å². The fourth-order valence-corrected chi connectivity index (χ4v) is 4.51. The molecule has 0 amide bonds. The van der Waals surface area contributed by atoms with Crippen molar-refractivity contribution in [2.24, 2.45) is 11.8 Å². The Morgan fingerprint density at radius 1 is 1.04 bits per heavy atom. The van der Waals surface area contributed by atoms with E-state index >= 15 is 0 Å². The summed E-state index contributed by atoms with van der Waals surface area (Å²) in [5.41, 5.74) is 0.0370. The van der Waals surface area contributed by atoms with Crippen LogP contribution < -0.4 is 5.32 Å². The van der Waals surface area contributed by atoms with Crippen LogP contribution in [-0.2, 0) is 6.18 Å². The third-order valence-corrected chi connectivity index (χ3v) is 6.11. The van der Waals surface area contributed by atoms with Gasteiger partial charge in [-0.25, -0.2) is 4.98 Å². The molecule has 0 aliphatic heterocycles. The Morgan fingerprint density at radius 3 is 2.27 bits per heavy atom. The molecule has 0 saturated heterocycles. The molecule has 4 nitrogen and oxygen atoms in total. The van der Waals surface area contributed by atoms with Gasteiger partial charge in [0.05, 0.1) is 11.9 Å². The Kier molecular flexibility index (Phi) is 3.69. The van der Waals surface area contributed by atoms with Crippen molar-refractivity contribution in [1.82, 2.24) is 14.6 Å². The molecule has 2 heterocycles. The second kappa shape index (κ2) is 5.86. The van der Waals surface area contributed by atoms with E-state index in [1.165, 1.54) is 43.0 Å². The predicted molar refractivity (Wildman–Crippen MR) is 92.1 cm³/mol. The monoisotopic (exact) mass is 364 g/mol. The van der Waals surface area contributed by atoms with Crippen molar-refractivity contribution in [1.29, 1.82) is 0 Å². The summed E-state index contributed by atoms with van der Waals surface area (Å²) < 4.78 is 41.7. The zero-order valence-corrected chi connectivity index (χ0v) is 14.6. The highest BCUT2D eigenvalue weighted by Crippen LogP contribution is 2.54. The number of aromatic nitrogens is 3. The van der Waals surface area contributed by atoms with Gasteiger partial charge in [0.2, 0.25) is 0 Å². The van der Waals surface area contributed by atoms with Gasteiger partial charge in [-0.1, -0.05) is 12.8 Å². The van der Waals surface area contributed by atoms with Gasteiger partial charge in [0, 0.05) is 18.0 Å². The number of fused-ring (bicyclic) bond motifs is 1. The summed E-state index contributed by atoms with van der Waals surface area (Å²) in [6.07, 6.45) is 5.60. The smallest absolute Gasteiger partial charge is 0.367 e. The number of alkyl halides is 3. The Bertz CT molecular complexity index is 802. The topological polar surface area (TPSA) is 42.2 Å². The number of halogens is 3. The molecule has 0 spiro atoms. The summed E-state index contributed by atoms with van der Waals surface area (Å²) in [7, 11) is 0. The summed E-state index contributed by atoms with van der Waals surface area (Å²) >= 11 is 0. The second-order valence-corrected chi connectivity index (χ2v) is 8.18. The largest absolute Gasteiger partial charge is 0.421 e. The minimum absolute atomic E-state index is 0.0539. The van der Waals surface area contributed by atoms with Gasteiger partial charge in [-0.3, -0.25) is 0 Å². The van der Waals surface area contributed by atoms with Crippen molar-refractivity contribution in [3.63, 3.8) is 0 Å². The van der Waals surface area contributed by atoms with E-state index in [1.54, 1.807) is 0 Å². The number of nitrogens with zero attached hydrogens (tertiary/aromatic N) is 3. The van der Waals surface area contributed by atoms with E-state index < -0.39 is 11.7 Å². The highest BCUT2D eigenvalue weighted by Gasteiger charge is 2.44. The molecule has 3 fully saturated rings. The summed E-state index contributed by atoms with van der Waals surface area (Å²) in [6.45, 7) is 0. The summed E-state index contributed by atoms with van der Waals surface area (Å²) in [6, 6.07) is 2.28. The van der Waals surface area contributed by atoms with Crippen LogP contribution in [0.1, 0.15) is 68.5 Å². The van der Waals surface area contributed by atoms with Crippen LogP contribution in [0.25, 0.3) is 5.65 Å². The number of nitrogens with one attached hydrogen (secondary N) is 1. The molecule has 3 saturated carbocycles. The van der Waals surface area contributed by atoms with Crippen molar-refractivity contribution in [2.45, 2.75) is 69.5 Å². The van der Waals surface area contributed by atoms with Crippen LogP contribution in [0, 0.1) is 11.8 Å². The maximum Gasteiger partial charge on any atom is 0.421 e. The first-order chi connectivity index (χ1) is 12.5. The van der Waals surface area contributed by atoms with E-state index in [1.807, 2.05) is 6.07 Å². The van der Waals surface area contributed by atoms with Crippen LogP contribution in [0.2, 0.25) is 0 Å². The van der Waals surface area contributed by atoms with Gasteiger partial charge in [0.1, 0.15) is 11.4 Å². The molecule has 140 valence electrons. The number of rotatable bonds is 5. The first-order valence-electron chi connectivity index (χ1n) is 9.73. The number of hydrogen-bond donors (Lipinski definition) is 1. The summed E-state index contributed by atoms with van der Waals surface area (Å²) in [5.74, 6) is 2.15. The van der Waals surface area contributed by atoms with Crippen LogP contribution >= 0.6 is 0 Å². The molecule has 0 bridgehead atoms. The Morgan fingerprint density at radius 2 is 1.69 bits per heavy atom. The maximum atomic E-state index is 13.4. The highest BCUT2D eigenvalue weighted by atomic mass is 19.4. The summed E-state index contributed by atoms with van der Waals surface area (Å²) in [5, 5.41) is 7.48. The molecule has 2 aromatic rings. The minimum Gasteiger partial charge on any atom is -0.367 e. The zero-order chi connectivity index (χ0) is 17.9. The predicted octanol–water partition coefficient (Wildman–Crippen LogP) is 5.01. The van der Waals surface area contributed by atoms with Gasteiger partial charge < -0.3 is 5.32 Å². The van der Waals surface area contributed by atoms with Crippen molar-refractivity contribution in [3.05, 3.63) is 23.5 Å². The van der Waals surface area contributed by atoms with E-state index in [0.29, 0.717) is 29.6 Å². The van der Waals surface area contributed by atoms with E-state index in [-0.39, 0.29) is 5.65 Å². The molecule has 26 heavy (non-hydrogen) atoms. The van der Waals surface area contributed by atoms with E-state index in [0.717, 1.165) is 24.7 Å². The van der Waals surface area contributed by atoms with Crippen molar-refractivity contribution < 1.29 is 13.2 Å². The van der Waals surface area contributed by atoms with Crippen LogP contribution in [0.4, 0.5) is 19.0 Å². The van der Waals surface area contributed by atoms with E-state index in [2.05, 4.69) is 15.4 Å². The molecule has 0 atom stereocenters. The van der Waals surface area contributed by atoms with Crippen LogP contribution in [0.5, 0.6) is 0 Å². The minimum atomic E-state index is -4.44. The number of anilines is 1. The molecule has 1 N–H and O–H groups in total. The van der Waals surface area contributed by atoms with Crippen molar-refractivity contribution >= 4 is 11.5 Å². The van der Waals surface area contributed by atoms with Crippen molar-refractivity contribution in [2.75, 3.05) is 5.32 Å². The molecule has 3 aliphatic carbocycles. The third kappa shape index (κ3) is 2.95. The lowest BCUT2D eigenvalue weighted by Crippen LogP contribution is -2.19. The lowest BCUT2D eigenvalue weighted by Gasteiger charge is -2.20. The van der Waals surface area contributed by atoms with E-state index in [4.69, 9.17) is 0 Å². The first-order valence-corrected chi connectivity index (χ1v) is 9.73. The molecule has 7 heteroatoms. The fourth-order valence-electron chi connectivity index (χ4n) is 4.51. The second-order valence-electron chi connectivity index (χ2n) is 8.18. The average molecular weight is 364 g/mol. The maximum absolute atomic E-state index is 13.4. The highest BCUT2D eigenvalue weighted by molar-refractivity contribution is 5.56. The van der Waals surface area contributed by atoms with E-state index in [9.17, 15) is 13.2 Å². The Balaban J connectivity index is 1.61. The third-order valence-electron chi connectivity index (χ3n) is 6.11. The standard InChI is InChI=1S/C19H23F3N4/c20-19(21,22)14-10-23-26-16(24-13-3-1-2-4-13)9-15(25-18(14)26)17(11-5-6-11)12-7-8-12/h9-13,17,24H,1-8H2. The fraction of sp³-hybridized carbons (Fsp3) is 0.684. The molecular weight excluding hydrogens is 341 g/mol. The van der Waals surface area contributed by atoms with Gasteiger partial charge in [-0.05, 0) is 50.4 Å². The normalized spacial score (nSPS) is 21.8. The molecule has 0 radical (unpaired) electrons. The van der Waals surface area contributed by atoms with Gasteiger partial charge in [0.25, 0.3) is 0 Å². The van der Waals surface area contributed by atoms with Gasteiger partial charge in [0.15, 0.2) is 5.65 Å². The molecular formula is C19H23F3N4. The number of hydrogen-bond acceptors (Lipinski definition) is 3. The quantitative estimate of drug-likeness (QED) is 0.811. The molecule has 0 aromatic carbocycles. The van der Waals surface area contributed by atoms with Crippen LogP contribution in [-0.4, -0.2) is 20.6 Å². The van der Waals surface area contributed by atoms with Crippen LogP contribution in [0.3, 0.4) is 0 Å². The van der Waals surface area contributed by atoms with Gasteiger partial charge >= 0.3 is 6.18 Å². The van der Waals surface area contributed by atoms with Crippen LogP contribution in [0.15, 0.2) is 12.3 Å². The SMILES string of the molecule is FC(F)(F)c1cnn2c(NC3CCCC3)cc(C(C3CC3)C3CC3)nc12. The lowest BCUT2D eigenvalue weighted by molar-refractivity contribution is -0.136. The Labute approximate surface area is 150 Å². The average Bonchev–Trinajstić information content (AvgIpc) is 3.49.